The minimum Gasteiger partial charge on any atom is -0.462 e. The summed E-state index contributed by atoms with van der Waals surface area (Å²) in [4.78, 5) is 72.7. The lowest BCUT2D eigenvalue weighted by molar-refractivity contribution is -0.161. The molecule has 17 nitrogen and oxygen atoms in total. The minimum absolute atomic E-state index is 0.103. The summed E-state index contributed by atoms with van der Waals surface area (Å²) in [6.45, 7) is 9.58. The number of ether oxygens (including phenoxy) is 4. The van der Waals surface area contributed by atoms with E-state index < -0.39 is 97.5 Å². The topological polar surface area (TPSA) is 237 Å². The van der Waals surface area contributed by atoms with Gasteiger partial charge in [-0.25, -0.2) is 9.13 Å². The Morgan fingerprint density at radius 2 is 0.495 bits per heavy atom. The number of phosphoric acid groups is 2. The summed E-state index contributed by atoms with van der Waals surface area (Å²) in [6, 6.07) is 0. The van der Waals surface area contributed by atoms with E-state index in [1.54, 1.807) is 0 Å². The molecule has 0 aliphatic heterocycles. The summed E-state index contributed by atoms with van der Waals surface area (Å²) in [7, 11) is -9.91. The maximum absolute atomic E-state index is 13.1. The van der Waals surface area contributed by atoms with Crippen molar-refractivity contribution in [2.75, 3.05) is 39.6 Å². The van der Waals surface area contributed by atoms with Crippen molar-refractivity contribution in [3.63, 3.8) is 0 Å². The van der Waals surface area contributed by atoms with Crippen LogP contribution in [0.4, 0.5) is 0 Å². The molecule has 7 atom stereocenters. The van der Waals surface area contributed by atoms with Gasteiger partial charge in [-0.3, -0.25) is 37.3 Å². The lowest BCUT2D eigenvalue weighted by atomic mass is 9.99. The molecule has 0 rings (SSSR count). The SMILES string of the molecule is CCCCCCCCCCCCCCCCCCCCCCCC(=O)O[C@H](COC(=O)CCCCCCCCCCCCCCCCC(C)CC)COP(=O)(O)OC[C@@H](O)COP(=O)(O)OC[C@@H](COC(=O)CCCCCCCCCC)OC(=O)CCCCCCCCC(C)CC. The molecule has 0 heterocycles. The molecular weight excluding hydrogens is 1270 g/mol. The maximum atomic E-state index is 13.1. The third-order valence-electron chi connectivity index (χ3n) is 18.9. The van der Waals surface area contributed by atoms with E-state index in [4.69, 9.17) is 37.0 Å². The molecule has 4 unspecified atom stereocenters. The molecule has 0 spiro atoms. The van der Waals surface area contributed by atoms with E-state index in [0.29, 0.717) is 25.7 Å². The molecule has 0 bridgehead atoms. The van der Waals surface area contributed by atoms with E-state index in [2.05, 4.69) is 41.5 Å². The van der Waals surface area contributed by atoms with Crippen molar-refractivity contribution in [1.29, 1.82) is 0 Å². The van der Waals surface area contributed by atoms with Gasteiger partial charge in [0.15, 0.2) is 12.2 Å². The highest BCUT2D eigenvalue weighted by atomic mass is 31.2. The van der Waals surface area contributed by atoms with Crippen LogP contribution < -0.4 is 0 Å². The van der Waals surface area contributed by atoms with Gasteiger partial charge >= 0.3 is 39.5 Å². The molecule has 0 aromatic rings. The van der Waals surface area contributed by atoms with E-state index in [1.165, 1.54) is 218 Å². The molecule has 0 fully saturated rings. The second kappa shape index (κ2) is 69.8. The van der Waals surface area contributed by atoms with Gasteiger partial charge in [-0.05, 0) is 37.5 Å². The number of carbonyl (C=O) groups excluding carboxylic acids is 4. The second-order valence-corrected chi connectivity index (χ2v) is 31.5. The average molecular weight is 1420 g/mol. The predicted molar refractivity (Wildman–Crippen MR) is 395 cm³/mol. The van der Waals surface area contributed by atoms with Gasteiger partial charge in [-0.15, -0.1) is 0 Å². The minimum atomic E-state index is -4.96. The van der Waals surface area contributed by atoms with Crippen LogP contribution in [0.5, 0.6) is 0 Å². The number of hydrogen-bond acceptors (Lipinski definition) is 15. The van der Waals surface area contributed by atoms with Crippen molar-refractivity contribution >= 4 is 39.5 Å². The first-order chi connectivity index (χ1) is 46.9. The lowest BCUT2D eigenvalue weighted by Crippen LogP contribution is -2.30. The van der Waals surface area contributed by atoms with E-state index >= 15 is 0 Å². The smallest absolute Gasteiger partial charge is 0.462 e. The summed E-state index contributed by atoms with van der Waals surface area (Å²) >= 11 is 0. The lowest BCUT2D eigenvalue weighted by Gasteiger charge is -2.21. The highest BCUT2D eigenvalue weighted by Crippen LogP contribution is 2.45. The molecule has 0 saturated heterocycles. The normalized spacial score (nSPS) is 14.5. The Kier molecular flexibility index (Phi) is 68.4. The van der Waals surface area contributed by atoms with Crippen LogP contribution in [-0.4, -0.2) is 96.7 Å². The molecule has 0 radical (unpaired) electrons. The number of aliphatic hydroxyl groups is 1. The molecule has 0 amide bonds. The molecular formula is C78H152O17P2. The van der Waals surface area contributed by atoms with Crippen molar-refractivity contribution in [3.05, 3.63) is 0 Å². The van der Waals surface area contributed by atoms with Crippen molar-refractivity contribution in [3.8, 4) is 0 Å². The monoisotopic (exact) mass is 1420 g/mol. The molecule has 0 aromatic carbocycles. The highest BCUT2D eigenvalue weighted by molar-refractivity contribution is 7.47. The second-order valence-electron chi connectivity index (χ2n) is 28.6. The van der Waals surface area contributed by atoms with Crippen LogP contribution >= 0.6 is 15.6 Å². The summed E-state index contributed by atoms with van der Waals surface area (Å²) in [5, 5.41) is 10.6. The highest BCUT2D eigenvalue weighted by Gasteiger charge is 2.30. The zero-order valence-corrected chi connectivity index (χ0v) is 65.2. The average Bonchev–Trinajstić information content (AvgIpc) is 1.06. The fraction of sp³-hybridized carbons (Fsp3) is 0.949. The van der Waals surface area contributed by atoms with Gasteiger partial charge in [0, 0.05) is 25.7 Å². The van der Waals surface area contributed by atoms with Gasteiger partial charge < -0.3 is 33.8 Å². The number of unbranched alkanes of at least 4 members (excludes halogenated alkanes) is 45. The van der Waals surface area contributed by atoms with E-state index in [0.717, 1.165) is 108 Å². The summed E-state index contributed by atoms with van der Waals surface area (Å²) in [6.07, 6.45) is 58.5. The maximum Gasteiger partial charge on any atom is 0.472 e. The summed E-state index contributed by atoms with van der Waals surface area (Å²) < 4.78 is 68.5. The van der Waals surface area contributed by atoms with E-state index in [-0.39, 0.29) is 25.7 Å². The molecule has 19 heteroatoms. The zero-order valence-electron chi connectivity index (χ0n) is 63.4. The standard InChI is InChI=1S/C78H152O17P2/c1-7-11-13-15-17-19-20-21-22-23-24-25-26-27-28-33-36-39-43-50-56-62-77(82)94-73(66-89-76(81)61-55-49-42-38-35-32-30-29-31-34-37-40-46-52-58-70(5)9-3)68-92-96(84,85)90-64-72(79)65-91-97(86,87)93-69-74(67-88-75(80)60-54-48-41-18-16-14-12-8-2)95-78(83)63-57-51-45-44-47-53-59-71(6)10-4/h70-74,79H,7-69H2,1-6H3,(H,84,85)(H,86,87)/t70?,71?,72-,73-,74-/m1/s1. The van der Waals surface area contributed by atoms with Crippen LogP contribution in [-0.2, 0) is 65.4 Å². The zero-order chi connectivity index (χ0) is 71.4. The number of aliphatic hydroxyl groups excluding tert-OH is 1. The summed E-state index contributed by atoms with van der Waals surface area (Å²) in [5.41, 5.74) is 0. The molecule has 0 saturated carbocycles. The Morgan fingerprint density at radius 3 is 0.732 bits per heavy atom. The van der Waals surface area contributed by atoms with Gasteiger partial charge in [0.1, 0.15) is 19.3 Å². The Balaban J connectivity index is 5.17. The Hall–Kier alpha value is -1.94. The van der Waals surface area contributed by atoms with Crippen LogP contribution in [0.25, 0.3) is 0 Å². The molecule has 0 aromatic heterocycles. The molecule has 0 aliphatic rings. The number of phosphoric ester groups is 2. The van der Waals surface area contributed by atoms with Gasteiger partial charge in [0.25, 0.3) is 0 Å². The van der Waals surface area contributed by atoms with E-state index in [9.17, 15) is 43.2 Å². The largest absolute Gasteiger partial charge is 0.472 e. The molecule has 97 heavy (non-hydrogen) atoms. The molecule has 3 N–H and O–H groups in total. The fourth-order valence-electron chi connectivity index (χ4n) is 11.9. The fourth-order valence-corrected chi connectivity index (χ4v) is 13.5. The number of carbonyl (C=O) groups is 4. The van der Waals surface area contributed by atoms with Crippen molar-refractivity contribution in [2.45, 2.75) is 426 Å². The van der Waals surface area contributed by atoms with E-state index in [1.807, 2.05) is 0 Å². The van der Waals surface area contributed by atoms with Gasteiger partial charge in [-0.2, -0.15) is 0 Å². The molecule has 0 aliphatic carbocycles. The van der Waals surface area contributed by atoms with Gasteiger partial charge in [0.05, 0.1) is 26.4 Å². The van der Waals surface area contributed by atoms with Crippen LogP contribution in [0, 0.1) is 11.8 Å². The van der Waals surface area contributed by atoms with Gasteiger partial charge in [0.2, 0.25) is 0 Å². The van der Waals surface area contributed by atoms with Crippen molar-refractivity contribution in [1.82, 2.24) is 0 Å². The Morgan fingerprint density at radius 1 is 0.289 bits per heavy atom. The number of rotatable bonds is 77. The van der Waals surface area contributed by atoms with Crippen LogP contribution in [0.2, 0.25) is 0 Å². The van der Waals surface area contributed by atoms with Crippen LogP contribution in [0.3, 0.4) is 0 Å². The first kappa shape index (κ1) is 95.1. The summed E-state index contributed by atoms with van der Waals surface area (Å²) in [5.74, 6) is -0.549. The van der Waals surface area contributed by atoms with Crippen molar-refractivity contribution in [2.24, 2.45) is 11.8 Å². The van der Waals surface area contributed by atoms with Crippen LogP contribution in [0.1, 0.15) is 408 Å². The third kappa shape index (κ3) is 69.5. The van der Waals surface area contributed by atoms with Crippen molar-refractivity contribution < 1.29 is 80.2 Å². The first-order valence-electron chi connectivity index (χ1n) is 40.6. The van der Waals surface area contributed by atoms with Gasteiger partial charge in [-0.1, -0.05) is 356 Å². The number of hydrogen-bond donors (Lipinski definition) is 3. The first-order valence-corrected chi connectivity index (χ1v) is 43.6. The Bertz CT molecular complexity index is 1880. The third-order valence-corrected chi connectivity index (χ3v) is 20.8. The molecule has 576 valence electrons. The predicted octanol–water partition coefficient (Wildman–Crippen LogP) is 23.1. The number of esters is 4. The quantitative estimate of drug-likeness (QED) is 0.0222. The Labute approximate surface area is 594 Å². The van der Waals surface area contributed by atoms with Crippen LogP contribution in [0.15, 0.2) is 0 Å².